The number of hydrogen-bond acceptors (Lipinski definition) is 4. The van der Waals surface area contributed by atoms with Crippen LogP contribution in [-0.4, -0.2) is 25.2 Å². The molecule has 3 heterocycles. The third kappa shape index (κ3) is 2.46. The molecule has 26 heavy (non-hydrogen) atoms. The van der Waals surface area contributed by atoms with Gasteiger partial charge < -0.3 is 9.47 Å². The Bertz CT molecular complexity index is 1110. The number of hydrogen-bond donors (Lipinski definition) is 0. The summed E-state index contributed by atoms with van der Waals surface area (Å²) >= 11 is 6.14. The van der Waals surface area contributed by atoms with Crippen LogP contribution in [0.3, 0.4) is 0 Å². The van der Waals surface area contributed by atoms with Gasteiger partial charge in [0.25, 0.3) is 5.56 Å². The normalized spacial score (nSPS) is 14.0. The van der Waals surface area contributed by atoms with Gasteiger partial charge in [0.15, 0.2) is 11.2 Å². The fourth-order valence-corrected chi connectivity index (χ4v) is 3.76. The van der Waals surface area contributed by atoms with Crippen molar-refractivity contribution < 1.29 is 0 Å². The van der Waals surface area contributed by atoms with E-state index >= 15 is 0 Å². The molecule has 0 spiro atoms. The van der Waals surface area contributed by atoms with E-state index in [9.17, 15) is 9.59 Å². The largest absolute Gasteiger partial charge is 0.332 e. The van der Waals surface area contributed by atoms with E-state index < -0.39 is 0 Å². The summed E-state index contributed by atoms with van der Waals surface area (Å²) in [5.41, 5.74) is 1.25. The van der Waals surface area contributed by atoms with E-state index in [1.54, 1.807) is 7.05 Å². The number of nitrogens with zero attached hydrogens (tertiary/aromatic N) is 5. The highest BCUT2D eigenvalue weighted by Crippen LogP contribution is 2.32. The van der Waals surface area contributed by atoms with Gasteiger partial charge in [-0.25, -0.2) is 4.79 Å². The van der Waals surface area contributed by atoms with Gasteiger partial charge in [0.1, 0.15) is 0 Å². The van der Waals surface area contributed by atoms with Crippen LogP contribution in [0.15, 0.2) is 33.9 Å². The molecule has 0 radical (unpaired) electrons. The lowest BCUT2D eigenvalue weighted by Gasteiger charge is -2.29. The molecular weight excluding hydrogens is 354 g/mol. The summed E-state index contributed by atoms with van der Waals surface area (Å²) in [6.07, 6.45) is 1.59. The molecule has 0 N–H and O–H groups in total. The first-order valence-electron chi connectivity index (χ1n) is 8.76. The van der Waals surface area contributed by atoms with Gasteiger partial charge in [-0.1, -0.05) is 24.6 Å². The molecule has 1 aromatic carbocycles. The van der Waals surface area contributed by atoms with Crippen molar-refractivity contribution >= 4 is 34.4 Å². The Balaban J connectivity index is 2.00. The Morgan fingerprint density at radius 2 is 2.04 bits per heavy atom. The van der Waals surface area contributed by atoms with Gasteiger partial charge in [-0.15, -0.1) is 0 Å². The van der Waals surface area contributed by atoms with Crippen LogP contribution < -0.4 is 16.1 Å². The summed E-state index contributed by atoms with van der Waals surface area (Å²) in [5.74, 6) is 0.676. The van der Waals surface area contributed by atoms with Crippen LogP contribution in [0, 0.1) is 0 Å². The number of imidazole rings is 1. The van der Waals surface area contributed by atoms with E-state index in [0.717, 1.165) is 25.1 Å². The molecule has 1 aliphatic rings. The van der Waals surface area contributed by atoms with Gasteiger partial charge in [-0.2, -0.15) is 4.98 Å². The second-order valence-corrected chi connectivity index (χ2v) is 6.96. The Hall–Kier alpha value is -2.54. The topological polar surface area (TPSA) is 65.1 Å². The third-order valence-corrected chi connectivity index (χ3v) is 5.02. The molecule has 0 amide bonds. The zero-order valence-electron chi connectivity index (χ0n) is 14.8. The maximum absolute atomic E-state index is 13.0. The van der Waals surface area contributed by atoms with Gasteiger partial charge >= 0.3 is 5.69 Å². The molecule has 0 atom stereocenters. The molecule has 7 nitrogen and oxygen atoms in total. The van der Waals surface area contributed by atoms with Crippen molar-refractivity contribution in [1.82, 2.24) is 18.7 Å². The van der Waals surface area contributed by atoms with E-state index in [2.05, 4.69) is 4.98 Å². The van der Waals surface area contributed by atoms with Crippen LogP contribution in [0.1, 0.15) is 19.8 Å². The van der Waals surface area contributed by atoms with E-state index in [1.165, 1.54) is 9.13 Å². The van der Waals surface area contributed by atoms with Crippen LogP contribution in [-0.2, 0) is 20.1 Å². The number of aromatic nitrogens is 4. The molecule has 1 aliphatic heterocycles. The molecular formula is C18H20ClN5O2. The average molecular weight is 374 g/mol. The molecule has 0 aliphatic carbocycles. The highest BCUT2D eigenvalue weighted by atomic mass is 35.5. The summed E-state index contributed by atoms with van der Waals surface area (Å²) in [6.45, 7) is 3.83. The van der Waals surface area contributed by atoms with Gasteiger partial charge in [-0.05, 0) is 31.0 Å². The smallest absolute Gasteiger partial charge is 0.312 e. The molecule has 0 bridgehead atoms. The molecule has 0 fully saturated rings. The standard InChI is InChI=1S/C18H20ClN5O2/c1-3-8-24-16(25)14-15(21(2)18(24)26)20-17-22(9-5-10-23(14)17)13-7-4-6-12(19)11-13/h4,6-7,11H,3,5,8-10H2,1-2H3. The summed E-state index contributed by atoms with van der Waals surface area (Å²) in [4.78, 5) is 32.2. The first-order chi connectivity index (χ1) is 12.5. The Kier molecular flexibility index (Phi) is 4.11. The quantitative estimate of drug-likeness (QED) is 0.707. The van der Waals surface area contributed by atoms with E-state index in [4.69, 9.17) is 11.6 Å². The molecule has 4 rings (SSSR count). The highest BCUT2D eigenvalue weighted by Gasteiger charge is 2.26. The van der Waals surface area contributed by atoms with E-state index in [0.29, 0.717) is 35.2 Å². The predicted octanol–water partition coefficient (Wildman–Crippen LogP) is 2.50. The summed E-state index contributed by atoms with van der Waals surface area (Å²) in [6, 6.07) is 7.56. The maximum Gasteiger partial charge on any atom is 0.332 e. The molecule has 2 aromatic heterocycles. The van der Waals surface area contributed by atoms with Crippen molar-refractivity contribution in [1.29, 1.82) is 0 Å². The van der Waals surface area contributed by atoms with Crippen LogP contribution in [0.2, 0.25) is 5.02 Å². The Morgan fingerprint density at radius 3 is 2.77 bits per heavy atom. The monoisotopic (exact) mass is 373 g/mol. The van der Waals surface area contributed by atoms with Gasteiger partial charge in [0.05, 0.1) is 0 Å². The van der Waals surface area contributed by atoms with Gasteiger partial charge in [0.2, 0.25) is 5.95 Å². The summed E-state index contributed by atoms with van der Waals surface area (Å²) in [5, 5.41) is 0.647. The van der Waals surface area contributed by atoms with Crippen LogP contribution in [0.25, 0.3) is 11.2 Å². The zero-order valence-corrected chi connectivity index (χ0v) is 15.5. The zero-order chi connectivity index (χ0) is 18.4. The molecule has 0 saturated carbocycles. The van der Waals surface area contributed by atoms with Crippen molar-refractivity contribution in [3.05, 3.63) is 50.1 Å². The fourth-order valence-electron chi connectivity index (χ4n) is 3.57. The molecule has 8 heteroatoms. The van der Waals surface area contributed by atoms with Crippen molar-refractivity contribution in [2.45, 2.75) is 32.9 Å². The first-order valence-corrected chi connectivity index (χ1v) is 9.14. The second kappa shape index (κ2) is 6.32. The first kappa shape index (κ1) is 16.9. The van der Waals surface area contributed by atoms with Gasteiger partial charge in [-0.3, -0.25) is 13.9 Å². The minimum absolute atomic E-state index is 0.267. The summed E-state index contributed by atoms with van der Waals surface area (Å²) in [7, 11) is 1.67. The number of rotatable bonds is 3. The van der Waals surface area contributed by atoms with Crippen molar-refractivity contribution in [3.8, 4) is 0 Å². The molecule has 0 saturated heterocycles. The average Bonchev–Trinajstić information content (AvgIpc) is 3.03. The molecule has 3 aromatic rings. The number of fused-ring (bicyclic) bond motifs is 3. The second-order valence-electron chi connectivity index (χ2n) is 6.52. The van der Waals surface area contributed by atoms with Crippen molar-refractivity contribution in [3.63, 3.8) is 0 Å². The van der Waals surface area contributed by atoms with Crippen LogP contribution in [0.4, 0.5) is 11.6 Å². The predicted molar refractivity (Wildman–Crippen MR) is 103 cm³/mol. The van der Waals surface area contributed by atoms with E-state index in [-0.39, 0.29) is 11.2 Å². The van der Waals surface area contributed by atoms with Crippen LogP contribution in [0.5, 0.6) is 0 Å². The molecule has 0 unspecified atom stereocenters. The third-order valence-electron chi connectivity index (χ3n) is 4.78. The lowest BCUT2D eigenvalue weighted by molar-refractivity contribution is 0.579. The lowest BCUT2D eigenvalue weighted by Crippen LogP contribution is -2.39. The number of halogens is 1. The van der Waals surface area contributed by atoms with Crippen molar-refractivity contribution in [2.75, 3.05) is 11.4 Å². The number of aryl methyl sites for hydroxylation is 2. The molecule has 136 valence electrons. The SMILES string of the molecule is CCCn1c(=O)c2c(nc3n2CCCN3c2cccc(Cl)c2)n(C)c1=O. The minimum Gasteiger partial charge on any atom is -0.312 e. The maximum atomic E-state index is 13.0. The minimum atomic E-state index is -0.325. The Labute approximate surface area is 155 Å². The van der Waals surface area contributed by atoms with E-state index in [1.807, 2.05) is 40.7 Å². The highest BCUT2D eigenvalue weighted by molar-refractivity contribution is 6.30. The Morgan fingerprint density at radius 1 is 1.23 bits per heavy atom. The van der Waals surface area contributed by atoms with Crippen LogP contribution >= 0.6 is 11.6 Å². The number of anilines is 2. The fraction of sp³-hybridized carbons (Fsp3) is 0.389. The van der Waals surface area contributed by atoms with Gasteiger partial charge in [0, 0.05) is 37.4 Å². The lowest BCUT2D eigenvalue weighted by atomic mass is 10.2. The summed E-state index contributed by atoms with van der Waals surface area (Å²) < 4.78 is 4.69. The van der Waals surface area contributed by atoms with Crippen molar-refractivity contribution in [2.24, 2.45) is 7.05 Å². The number of benzene rings is 1.